The number of nitrogens with zero attached hydrogens (tertiary/aromatic N) is 3. The number of unbranched alkanes of at least 4 members (excludes halogenated alkanes) is 1. The minimum atomic E-state index is -1.06. The lowest BCUT2D eigenvalue weighted by Gasteiger charge is -2.11. The third-order valence-electron chi connectivity index (χ3n) is 3.30. The highest BCUT2D eigenvalue weighted by Crippen LogP contribution is 2.26. The zero-order chi connectivity index (χ0) is 15.4. The van der Waals surface area contributed by atoms with E-state index in [9.17, 15) is 9.90 Å². The first kappa shape index (κ1) is 15.0. The lowest BCUT2D eigenvalue weighted by atomic mass is 10.1. The van der Waals surface area contributed by atoms with Crippen molar-refractivity contribution >= 4 is 5.97 Å². The smallest absolute Gasteiger partial charge is 0.358 e. The molecule has 6 nitrogen and oxygen atoms in total. The number of carbonyl (C=O) groups is 1. The summed E-state index contributed by atoms with van der Waals surface area (Å²) in [6.07, 6.45) is 2.46. The molecule has 0 aliphatic heterocycles. The van der Waals surface area contributed by atoms with Gasteiger partial charge in [-0.1, -0.05) is 24.6 Å². The van der Waals surface area contributed by atoms with Gasteiger partial charge in [-0.15, -0.1) is 5.10 Å². The fraction of sp³-hybridized carbons (Fsp3) is 0.400. The van der Waals surface area contributed by atoms with E-state index >= 15 is 0 Å². The summed E-state index contributed by atoms with van der Waals surface area (Å²) in [6.45, 7) is 4.02. The Bertz CT molecular complexity index is 650. The van der Waals surface area contributed by atoms with Crippen LogP contribution in [0.1, 0.15) is 41.5 Å². The molecule has 6 heteroatoms. The lowest BCUT2D eigenvalue weighted by molar-refractivity contribution is 0.0689. The Morgan fingerprint density at radius 2 is 2.19 bits per heavy atom. The number of benzene rings is 1. The van der Waals surface area contributed by atoms with E-state index in [2.05, 4.69) is 17.2 Å². The van der Waals surface area contributed by atoms with Crippen LogP contribution in [0, 0.1) is 6.92 Å². The first-order valence-electron chi connectivity index (χ1n) is 6.91. The number of ether oxygens (including phenoxy) is 1. The third-order valence-corrected chi connectivity index (χ3v) is 3.30. The van der Waals surface area contributed by atoms with Crippen molar-refractivity contribution in [1.29, 1.82) is 0 Å². The molecule has 0 atom stereocenters. The van der Waals surface area contributed by atoms with Crippen molar-refractivity contribution in [2.24, 2.45) is 0 Å². The van der Waals surface area contributed by atoms with Gasteiger partial charge in [-0.05, 0) is 37.5 Å². The Morgan fingerprint density at radius 3 is 2.81 bits per heavy atom. The fourth-order valence-corrected chi connectivity index (χ4v) is 2.20. The highest BCUT2D eigenvalue weighted by atomic mass is 16.5. The number of hydrogen-bond acceptors (Lipinski definition) is 4. The van der Waals surface area contributed by atoms with E-state index in [4.69, 9.17) is 4.74 Å². The molecule has 21 heavy (non-hydrogen) atoms. The summed E-state index contributed by atoms with van der Waals surface area (Å²) in [7, 11) is 1.58. The molecule has 0 amide bonds. The van der Waals surface area contributed by atoms with Crippen LogP contribution in [0.4, 0.5) is 0 Å². The summed E-state index contributed by atoms with van der Waals surface area (Å²) >= 11 is 0. The Hall–Kier alpha value is -2.37. The van der Waals surface area contributed by atoms with Crippen molar-refractivity contribution in [2.75, 3.05) is 7.11 Å². The van der Waals surface area contributed by atoms with Crippen molar-refractivity contribution < 1.29 is 14.6 Å². The summed E-state index contributed by atoms with van der Waals surface area (Å²) in [5.41, 5.74) is 2.36. The molecule has 0 unspecified atom stereocenters. The molecule has 2 aromatic rings. The van der Waals surface area contributed by atoms with Gasteiger partial charge in [-0.2, -0.15) is 0 Å². The highest BCUT2D eigenvalue weighted by molar-refractivity contribution is 5.86. The van der Waals surface area contributed by atoms with Gasteiger partial charge in [-0.3, -0.25) is 0 Å². The minimum Gasteiger partial charge on any atom is -0.494 e. The minimum absolute atomic E-state index is 0.00649. The molecule has 0 saturated carbocycles. The molecule has 0 bridgehead atoms. The van der Waals surface area contributed by atoms with Crippen LogP contribution in [0.3, 0.4) is 0 Å². The van der Waals surface area contributed by atoms with Gasteiger partial charge in [0.1, 0.15) is 11.4 Å². The second-order valence-electron chi connectivity index (χ2n) is 4.88. The number of aromatic carboxylic acids is 1. The van der Waals surface area contributed by atoms with Crippen molar-refractivity contribution in [3.8, 4) is 11.4 Å². The molecular formula is C15H19N3O3. The monoisotopic (exact) mass is 289 g/mol. The van der Waals surface area contributed by atoms with Crippen LogP contribution in [-0.2, 0) is 6.42 Å². The number of rotatable bonds is 6. The van der Waals surface area contributed by atoms with Crippen LogP contribution in [0.5, 0.6) is 5.75 Å². The van der Waals surface area contributed by atoms with Gasteiger partial charge < -0.3 is 9.84 Å². The average Bonchev–Trinajstić information content (AvgIpc) is 2.88. The largest absolute Gasteiger partial charge is 0.494 e. The van der Waals surface area contributed by atoms with E-state index in [0.29, 0.717) is 23.6 Å². The highest BCUT2D eigenvalue weighted by Gasteiger charge is 2.21. The zero-order valence-electron chi connectivity index (χ0n) is 12.5. The maximum absolute atomic E-state index is 11.3. The second kappa shape index (κ2) is 6.39. The maximum Gasteiger partial charge on any atom is 0.358 e. The topological polar surface area (TPSA) is 77.2 Å². The summed E-state index contributed by atoms with van der Waals surface area (Å²) < 4.78 is 6.92. The van der Waals surface area contributed by atoms with E-state index in [1.54, 1.807) is 11.8 Å². The predicted molar refractivity (Wildman–Crippen MR) is 78.2 cm³/mol. The molecule has 0 aliphatic rings. The van der Waals surface area contributed by atoms with Gasteiger partial charge in [0.15, 0.2) is 5.69 Å². The standard InChI is InChI=1S/C15H19N3O3/c1-4-5-6-11-14(15(19)20)16-17-18(11)12-9-10(2)7-8-13(12)21-3/h7-9H,4-6H2,1-3H3,(H,19,20). The van der Waals surface area contributed by atoms with Crippen LogP contribution in [0.15, 0.2) is 18.2 Å². The van der Waals surface area contributed by atoms with Crippen LogP contribution in [0.25, 0.3) is 5.69 Å². The van der Waals surface area contributed by atoms with Crippen LogP contribution >= 0.6 is 0 Å². The molecule has 0 aliphatic carbocycles. The van der Waals surface area contributed by atoms with E-state index in [1.165, 1.54) is 0 Å². The summed E-state index contributed by atoms with van der Waals surface area (Å²) in [5.74, 6) is -0.417. The molecular weight excluding hydrogens is 270 g/mol. The Balaban J connectivity index is 2.58. The van der Waals surface area contributed by atoms with Crippen LogP contribution in [-0.4, -0.2) is 33.2 Å². The van der Waals surface area contributed by atoms with E-state index in [-0.39, 0.29) is 5.69 Å². The predicted octanol–water partition coefficient (Wildman–Crippen LogP) is 2.63. The molecule has 0 radical (unpaired) electrons. The summed E-state index contributed by atoms with van der Waals surface area (Å²) in [4.78, 5) is 11.3. The molecule has 1 N–H and O–H groups in total. The SMILES string of the molecule is CCCCc1c(C(=O)O)nnn1-c1cc(C)ccc1OC. The van der Waals surface area contributed by atoms with Gasteiger partial charge in [0, 0.05) is 0 Å². The molecule has 1 aromatic heterocycles. The number of carboxylic acids is 1. The molecule has 112 valence electrons. The molecule has 2 rings (SSSR count). The number of hydrogen-bond donors (Lipinski definition) is 1. The van der Waals surface area contributed by atoms with Crippen molar-refractivity contribution in [3.63, 3.8) is 0 Å². The van der Waals surface area contributed by atoms with Crippen LogP contribution < -0.4 is 4.74 Å². The van der Waals surface area contributed by atoms with E-state index in [0.717, 1.165) is 18.4 Å². The molecule has 0 spiro atoms. The number of aromatic nitrogens is 3. The third kappa shape index (κ3) is 3.04. The normalized spacial score (nSPS) is 10.6. The van der Waals surface area contributed by atoms with Gasteiger partial charge in [-0.25, -0.2) is 9.48 Å². The summed E-state index contributed by atoms with van der Waals surface area (Å²) in [6, 6.07) is 5.69. The van der Waals surface area contributed by atoms with Crippen molar-refractivity contribution in [2.45, 2.75) is 33.1 Å². The van der Waals surface area contributed by atoms with Crippen molar-refractivity contribution in [3.05, 3.63) is 35.2 Å². The zero-order valence-corrected chi connectivity index (χ0v) is 12.5. The lowest BCUT2D eigenvalue weighted by Crippen LogP contribution is -2.08. The quantitative estimate of drug-likeness (QED) is 0.884. The molecule has 0 saturated heterocycles. The van der Waals surface area contributed by atoms with Crippen molar-refractivity contribution in [1.82, 2.24) is 15.0 Å². The van der Waals surface area contributed by atoms with E-state index < -0.39 is 5.97 Å². The van der Waals surface area contributed by atoms with E-state index in [1.807, 2.05) is 25.1 Å². The fourth-order valence-electron chi connectivity index (χ4n) is 2.20. The Labute approximate surface area is 123 Å². The first-order valence-corrected chi connectivity index (χ1v) is 6.91. The Kier molecular flexibility index (Phi) is 4.57. The average molecular weight is 289 g/mol. The van der Waals surface area contributed by atoms with Crippen LogP contribution in [0.2, 0.25) is 0 Å². The molecule has 0 fully saturated rings. The first-order chi connectivity index (χ1) is 10.1. The maximum atomic E-state index is 11.3. The second-order valence-corrected chi connectivity index (χ2v) is 4.88. The number of aryl methyl sites for hydroxylation is 1. The molecule has 1 heterocycles. The van der Waals surface area contributed by atoms with Gasteiger partial charge in [0.05, 0.1) is 12.8 Å². The number of methoxy groups -OCH3 is 1. The van der Waals surface area contributed by atoms with Gasteiger partial charge in [0.25, 0.3) is 0 Å². The van der Waals surface area contributed by atoms with Gasteiger partial charge in [0.2, 0.25) is 0 Å². The summed E-state index contributed by atoms with van der Waals surface area (Å²) in [5, 5.41) is 17.1. The Morgan fingerprint density at radius 1 is 1.43 bits per heavy atom. The number of carboxylic acid groups (broad SMARTS) is 1. The van der Waals surface area contributed by atoms with Gasteiger partial charge >= 0.3 is 5.97 Å². The molecule has 1 aromatic carbocycles.